The number of nitriles is 1. The summed E-state index contributed by atoms with van der Waals surface area (Å²) in [6.07, 6.45) is 1.25. The minimum absolute atomic E-state index is 0.126. The van der Waals surface area contributed by atoms with Crippen LogP contribution >= 0.6 is 15.9 Å². The first-order valence-electron chi connectivity index (χ1n) is 4.57. The summed E-state index contributed by atoms with van der Waals surface area (Å²) in [5.74, 6) is -0.269. The Hall–Kier alpha value is -2.20. The van der Waals surface area contributed by atoms with Crippen LogP contribution in [-0.4, -0.2) is 21.1 Å². The van der Waals surface area contributed by atoms with Gasteiger partial charge in [0.2, 0.25) is 5.82 Å². The average molecular weight is 292 g/mol. The molecule has 7 heteroatoms. The zero-order valence-electron chi connectivity index (χ0n) is 8.44. The molecule has 0 bridgehead atoms. The van der Waals surface area contributed by atoms with E-state index in [-0.39, 0.29) is 5.82 Å². The highest BCUT2D eigenvalue weighted by Gasteiger charge is 2.10. The van der Waals surface area contributed by atoms with Crippen LogP contribution < -0.4 is 5.32 Å². The van der Waals surface area contributed by atoms with E-state index in [4.69, 9.17) is 5.26 Å². The lowest BCUT2D eigenvalue weighted by Crippen LogP contribution is -2.14. The first-order valence-corrected chi connectivity index (χ1v) is 5.36. The summed E-state index contributed by atoms with van der Waals surface area (Å²) in [6, 6.07) is 6.87. The van der Waals surface area contributed by atoms with Gasteiger partial charge in [-0.25, -0.2) is 4.98 Å². The number of carbonyl (C=O) groups is 1. The second-order valence-electron chi connectivity index (χ2n) is 3.09. The van der Waals surface area contributed by atoms with Crippen LogP contribution in [0.2, 0.25) is 0 Å². The molecule has 17 heavy (non-hydrogen) atoms. The van der Waals surface area contributed by atoms with Crippen molar-refractivity contribution in [2.24, 2.45) is 0 Å². The Morgan fingerprint density at radius 3 is 2.94 bits per heavy atom. The number of aromatic amines is 1. The number of hydrogen-bond donors (Lipinski definition) is 2. The van der Waals surface area contributed by atoms with Gasteiger partial charge in [-0.3, -0.25) is 9.89 Å². The Kier molecular flexibility index (Phi) is 3.16. The van der Waals surface area contributed by atoms with Gasteiger partial charge in [-0.15, -0.1) is 0 Å². The molecule has 1 aromatic heterocycles. The number of nitrogens with zero attached hydrogens (tertiary/aromatic N) is 3. The van der Waals surface area contributed by atoms with Gasteiger partial charge >= 0.3 is 0 Å². The van der Waals surface area contributed by atoms with E-state index in [1.54, 1.807) is 18.2 Å². The third-order valence-electron chi connectivity index (χ3n) is 1.98. The maximum absolute atomic E-state index is 11.7. The molecule has 0 spiro atoms. The fourth-order valence-corrected chi connectivity index (χ4v) is 1.66. The molecule has 1 aromatic carbocycles. The molecule has 6 nitrogen and oxygen atoms in total. The lowest BCUT2D eigenvalue weighted by atomic mass is 10.2. The summed E-state index contributed by atoms with van der Waals surface area (Å²) in [7, 11) is 0. The summed E-state index contributed by atoms with van der Waals surface area (Å²) in [5.41, 5.74) is 1.07. The minimum Gasteiger partial charge on any atom is -0.318 e. The molecule has 0 radical (unpaired) electrons. The van der Waals surface area contributed by atoms with Crippen LogP contribution in [0.5, 0.6) is 0 Å². The molecular formula is C10H6BrN5O. The molecule has 0 unspecified atom stereocenters. The third-order valence-corrected chi connectivity index (χ3v) is 2.63. The van der Waals surface area contributed by atoms with Gasteiger partial charge in [-0.2, -0.15) is 10.4 Å². The molecule has 0 aliphatic heterocycles. The largest absolute Gasteiger partial charge is 0.318 e. The summed E-state index contributed by atoms with van der Waals surface area (Å²) in [6.45, 7) is 0. The zero-order chi connectivity index (χ0) is 12.3. The van der Waals surface area contributed by atoms with Gasteiger partial charge in [0.25, 0.3) is 5.91 Å². The van der Waals surface area contributed by atoms with Crippen molar-refractivity contribution in [2.75, 3.05) is 5.32 Å². The highest BCUT2D eigenvalue weighted by Crippen LogP contribution is 2.23. The van der Waals surface area contributed by atoms with Crippen LogP contribution in [0.3, 0.4) is 0 Å². The Bertz CT molecular complexity index is 587. The SMILES string of the molecule is N#Cc1ccc(NC(=O)c2ncn[nH]2)c(Br)c1. The van der Waals surface area contributed by atoms with E-state index in [1.807, 2.05) is 6.07 Å². The van der Waals surface area contributed by atoms with Gasteiger partial charge in [0.15, 0.2) is 0 Å². The van der Waals surface area contributed by atoms with Gasteiger partial charge in [-0.1, -0.05) is 0 Å². The van der Waals surface area contributed by atoms with Crippen molar-refractivity contribution in [1.82, 2.24) is 15.2 Å². The average Bonchev–Trinajstić information content (AvgIpc) is 2.85. The summed E-state index contributed by atoms with van der Waals surface area (Å²) >= 11 is 3.27. The number of H-pyrrole nitrogens is 1. The molecule has 1 amide bonds. The molecule has 0 saturated carbocycles. The van der Waals surface area contributed by atoms with Gasteiger partial charge in [0, 0.05) is 4.47 Å². The molecule has 2 rings (SSSR count). The molecule has 0 atom stereocenters. The zero-order valence-corrected chi connectivity index (χ0v) is 10.0. The van der Waals surface area contributed by atoms with Crippen molar-refractivity contribution in [3.8, 4) is 6.07 Å². The molecule has 2 aromatic rings. The van der Waals surface area contributed by atoms with E-state index in [9.17, 15) is 4.79 Å². The van der Waals surface area contributed by atoms with E-state index in [2.05, 4.69) is 36.4 Å². The predicted octanol–water partition coefficient (Wildman–Crippen LogP) is 1.69. The number of nitrogens with one attached hydrogen (secondary N) is 2. The van der Waals surface area contributed by atoms with Crippen LogP contribution in [0.15, 0.2) is 29.0 Å². The van der Waals surface area contributed by atoms with Gasteiger partial charge in [0.1, 0.15) is 6.33 Å². The number of halogens is 1. The second-order valence-corrected chi connectivity index (χ2v) is 3.95. The number of hydrogen-bond acceptors (Lipinski definition) is 4. The Morgan fingerprint density at radius 2 is 2.35 bits per heavy atom. The summed E-state index contributed by atoms with van der Waals surface area (Å²) in [4.78, 5) is 15.4. The van der Waals surface area contributed by atoms with E-state index < -0.39 is 5.91 Å². The number of aromatic nitrogens is 3. The number of benzene rings is 1. The highest BCUT2D eigenvalue weighted by atomic mass is 79.9. The van der Waals surface area contributed by atoms with Crippen molar-refractivity contribution in [1.29, 1.82) is 5.26 Å². The summed E-state index contributed by atoms with van der Waals surface area (Å²) in [5, 5.41) is 17.4. The van der Waals surface area contributed by atoms with E-state index in [0.717, 1.165) is 0 Å². The molecule has 0 fully saturated rings. The van der Waals surface area contributed by atoms with Crippen LogP contribution in [0.25, 0.3) is 0 Å². The lowest BCUT2D eigenvalue weighted by Gasteiger charge is -2.05. The first-order chi connectivity index (χ1) is 8.20. The van der Waals surface area contributed by atoms with E-state index in [0.29, 0.717) is 15.7 Å². The van der Waals surface area contributed by atoms with Gasteiger partial charge in [-0.05, 0) is 34.1 Å². The molecule has 0 aliphatic rings. The van der Waals surface area contributed by atoms with Crippen LogP contribution in [0.1, 0.15) is 16.2 Å². The highest BCUT2D eigenvalue weighted by molar-refractivity contribution is 9.10. The predicted molar refractivity (Wildman–Crippen MR) is 63.2 cm³/mol. The maximum atomic E-state index is 11.7. The first kappa shape index (κ1) is 11.3. The number of carbonyl (C=O) groups excluding carboxylic acids is 1. The lowest BCUT2D eigenvalue weighted by molar-refractivity contribution is 0.101. The third kappa shape index (κ3) is 2.49. The monoisotopic (exact) mass is 291 g/mol. The van der Waals surface area contributed by atoms with Crippen molar-refractivity contribution in [3.05, 3.63) is 40.4 Å². The quantitative estimate of drug-likeness (QED) is 0.880. The van der Waals surface area contributed by atoms with Gasteiger partial charge in [0.05, 0.1) is 17.3 Å². The van der Waals surface area contributed by atoms with Gasteiger partial charge < -0.3 is 5.32 Å². The standard InChI is InChI=1S/C10H6BrN5O/c11-7-3-6(4-12)1-2-8(7)15-10(17)9-13-5-14-16-9/h1-3,5H,(H,15,17)(H,13,14,16). The van der Waals surface area contributed by atoms with Crippen LogP contribution in [0.4, 0.5) is 5.69 Å². The molecular weight excluding hydrogens is 286 g/mol. The smallest absolute Gasteiger partial charge is 0.293 e. The van der Waals surface area contributed by atoms with E-state index in [1.165, 1.54) is 6.33 Å². The van der Waals surface area contributed by atoms with Crippen LogP contribution in [0, 0.1) is 11.3 Å². The van der Waals surface area contributed by atoms with E-state index >= 15 is 0 Å². The van der Waals surface area contributed by atoms with Crippen LogP contribution in [-0.2, 0) is 0 Å². The molecule has 0 saturated heterocycles. The van der Waals surface area contributed by atoms with Crippen molar-refractivity contribution in [2.45, 2.75) is 0 Å². The molecule has 0 aliphatic carbocycles. The second kappa shape index (κ2) is 4.76. The molecule has 84 valence electrons. The number of anilines is 1. The Balaban J connectivity index is 2.20. The topological polar surface area (TPSA) is 94.5 Å². The maximum Gasteiger partial charge on any atom is 0.293 e. The van der Waals surface area contributed by atoms with Crippen molar-refractivity contribution >= 4 is 27.5 Å². The Morgan fingerprint density at radius 1 is 1.53 bits per heavy atom. The van der Waals surface area contributed by atoms with Crippen molar-refractivity contribution in [3.63, 3.8) is 0 Å². The fraction of sp³-hybridized carbons (Fsp3) is 0. The molecule has 1 heterocycles. The van der Waals surface area contributed by atoms with Crippen molar-refractivity contribution < 1.29 is 4.79 Å². The fourth-order valence-electron chi connectivity index (χ4n) is 1.18. The Labute approximate surface area is 105 Å². The minimum atomic E-state index is -0.395. The summed E-state index contributed by atoms with van der Waals surface area (Å²) < 4.78 is 0.629. The molecule has 2 N–H and O–H groups in total. The number of rotatable bonds is 2. The number of amides is 1. The normalized spacial score (nSPS) is 9.65.